The fourth-order valence-electron chi connectivity index (χ4n) is 5.84. The average molecular weight is 587 g/mol. The second kappa shape index (κ2) is 11.6. The largest absolute Gasteiger partial charge is 0.468 e. The molecule has 2 aliphatic rings. The number of carbonyl (C=O) groups excluding carboxylic acids is 1. The molecule has 44 heavy (non-hydrogen) atoms. The summed E-state index contributed by atoms with van der Waals surface area (Å²) in [5.41, 5.74) is -2.55. The second-order valence-corrected chi connectivity index (χ2v) is 10.8. The van der Waals surface area contributed by atoms with Gasteiger partial charge in [0.2, 0.25) is 0 Å². The van der Waals surface area contributed by atoms with Gasteiger partial charge in [0.25, 0.3) is 0 Å². The van der Waals surface area contributed by atoms with Crippen LogP contribution in [0.15, 0.2) is 97.1 Å². The van der Waals surface area contributed by atoms with E-state index >= 15 is 0 Å². The van der Waals surface area contributed by atoms with Crippen LogP contribution in [-0.2, 0) is 25.5 Å². The highest BCUT2D eigenvalue weighted by atomic mass is 16.5. The van der Waals surface area contributed by atoms with E-state index in [0.717, 1.165) is 0 Å². The highest BCUT2D eigenvalue weighted by Gasteiger charge is 2.43. The molecule has 2 unspecified atom stereocenters. The van der Waals surface area contributed by atoms with Crippen molar-refractivity contribution in [3.05, 3.63) is 131 Å². The van der Waals surface area contributed by atoms with Crippen LogP contribution in [-0.4, -0.2) is 37.0 Å². The molecule has 2 atom stereocenters. The molecular formula is C37H30O7. The number of aliphatic hydroxyl groups is 2. The van der Waals surface area contributed by atoms with Gasteiger partial charge in [-0.1, -0.05) is 84.6 Å². The van der Waals surface area contributed by atoms with Crippen LogP contribution in [0.2, 0.25) is 0 Å². The Balaban J connectivity index is 1.36. The first-order valence-electron chi connectivity index (χ1n) is 14.1. The number of para-hydroxylation sites is 3. The monoisotopic (exact) mass is 586 g/mol. The summed E-state index contributed by atoms with van der Waals surface area (Å²) in [5.74, 6) is 7.50. The molecule has 0 spiro atoms. The lowest BCUT2D eigenvalue weighted by Crippen LogP contribution is -2.37. The van der Waals surface area contributed by atoms with E-state index in [2.05, 4.69) is 24.0 Å². The van der Waals surface area contributed by atoms with Gasteiger partial charge in [0.05, 0.1) is 19.3 Å². The number of ether oxygens (including phenoxy) is 4. The summed E-state index contributed by atoms with van der Waals surface area (Å²) >= 11 is 0. The van der Waals surface area contributed by atoms with Gasteiger partial charge in [-0.3, -0.25) is 4.79 Å². The van der Waals surface area contributed by atoms with Gasteiger partial charge in [-0.25, -0.2) is 0 Å². The Kier molecular flexibility index (Phi) is 7.63. The lowest BCUT2D eigenvalue weighted by molar-refractivity contribution is -0.155. The number of allylic oxidation sites excluding steroid dienone is 1. The maximum Gasteiger partial charge on any atom is 0.315 e. The zero-order valence-electron chi connectivity index (χ0n) is 24.3. The molecule has 220 valence electrons. The molecule has 2 N–H and O–H groups in total. The molecule has 4 aromatic rings. The van der Waals surface area contributed by atoms with Crippen molar-refractivity contribution in [3.8, 4) is 34.8 Å². The Morgan fingerprint density at radius 3 is 2.11 bits per heavy atom. The molecule has 7 nitrogen and oxygen atoms in total. The molecule has 0 amide bonds. The molecular weight excluding hydrogens is 556 g/mol. The van der Waals surface area contributed by atoms with Gasteiger partial charge < -0.3 is 29.2 Å². The average Bonchev–Trinajstić information content (AvgIpc) is 3.05. The normalized spacial score (nSPS) is 16.2. The van der Waals surface area contributed by atoms with Gasteiger partial charge >= 0.3 is 5.97 Å². The first-order valence-corrected chi connectivity index (χ1v) is 14.1. The summed E-state index contributed by atoms with van der Waals surface area (Å²) in [6.45, 7) is -0.0119. The van der Waals surface area contributed by atoms with E-state index in [1.54, 1.807) is 54.6 Å². The van der Waals surface area contributed by atoms with E-state index < -0.39 is 22.6 Å². The van der Waals surface area contributed by atoms with Gasteiger partial charge in [0.1, 0.15) is 34.0 Å². The van der Waals surface area contributed by atoms with E-state index in [1.165, 1.54) is 14.2 Å². The molecule has 4 aromatic carbocycles. The van der Waals surface area contributed by atoms with Crippen LogP contribution < -0.4 is 9.47 Å². The molecule has 0 radical (unpaired) electrons. The number of hydrogen-bond acceptors (Lipinski definition) is 7. The standard InChI is InChI=1S/C37H30O7/c1-41-25-35(34(38)42-2,21-11-23-36(39)26-13-3-7-17-30(26)43-31-18-8-4-14-27(31)36)22-12-24-37(40)28-15-5-9-19-32(28)44-33-20-10-6-16-29(33)37/h3-5,7-11,13-15,17-20,23,39-40H,21-22,25H2,1-2H3. The van der Waals surface area contributed by atoms with E-state index in [9.17, 15) is 15.0 Å². The Morgan fingerprint density at radius 1 is 0.886 bits per heavy atom. The molecule has 7 heteroatoms. The van der Waals surface area contributed by atoms with Crippen LogP contribution in [0.25, 0.3) is 0 Å². The van der Waals surface area contributed by atoms with E-state index in [0.29, 0.717) is 45.3 Å². The predicted octanol–water partition coefficient (Wildman–Crippen LogP) is 5.82. The summed E-state index contributed by atoms with van der Waals surface area (Å²) in [6, 6.07) is 30.8. The predicted molar refractivity (Wildman–Crippen MR) is 162 cm³/mol. The van der Waals surface area contributed by atoms with Crippen LogP contribution in [0, 0.1) is 29.4 Å². The first kappa shape index (κ1) is 29.0. The summed E-state index contributed by atoms with van der Waals surface area (Å²) in [4.78, 5) is 13.4. The minimum absolute atomic E-state index is 0.0101. The Morgan fingerprint density at radius 2 is 1.48 bits per heavy atom. The van der Waals surface area contributed by atoms with Crippen LogP contribution >= 0.6 is 0 Å². The minimum atomic E-state index is -1.75. The fourth-order valence-corrected chi connectivity index (χ4v) is 5.84. The molecule has 0 aliphatic carbocycles. The molecule has 2 aliphatic heterocycles. The van der Waals surface area contributed by atoms with Crippen molar-refractivity contribution in [2.75, 3.05) is 20.8 Å². The number of benzene rings is 3. The van der Waals surface area contributed by atoms with Crippen molar-refractivity contribution in [1.82, 2.24) is 0 Å². The van der Waals surface area contributed by atoms with Gasteiger partial charge in [-0.2, -0.15) is 0 Å². The maximum absolute atomic E-state index is 13.4. The molecule has 6 rings (SSSR count). The Hall–Kier alpha value is -5.05. The molecule has 2 heterocycles. The quantitative estimate of drug-likeness (QED) is 0.160. The van der Waals surface area contributed by atoms with Crippen molar-refractivity contribution < 1.29 is 34.0 Å². The van der Waals surface area contributed by atoms with Crippen LogP contribution in [0.4, 0.5) is 0 Å². The summed E-state index contributed by atoms with van der Waals surface area (Å²) in [5, 5.41) is 24.0. The zero-order valence-corrected chi connectivity index (χ0v) is 24.3. The van der Waals surface area contributed by atoms with E-state index in [4.69, 9.17) is 18.9 Å². The number of methoxy groups -OCH3 is 2. The van der Waals surface area contributed by atoms with Crippen LogP contribution in [0.1, 0.15) is 35.1 Å². The third-order valence-electron chi connectivity index (χ3n) is 8.04. The van der Waals surface area contributed by atoms with Gasteiger partial charge in [0, 0.05) is 30.2 Å². The topological polar surface area (TPSA) is 94.5 Å². The lowest BCUT2D eigenvalue weighted by Gasteiger charge is -2.34. The van der Waals surface area contributed by atoms with E-state index in [1.807, 2.05) is 42.5 Å². The Bertz CT molecular complexity index is 1710. The Labute approximate surface area is 256 Å². The van der Waals surface area contributed by atoms with Gasteiger partial charge in [0.15, 0.2) is 5.60 Å². The molecule has 0 fully saturated rings. The summed E-state index contributed by atoms with van der Waals surface area (Å²) < 4.78 is 22.8. The molecule has 0 aromatic heterocycles. The van der Waals surface area contributed by atoms with Crippen molar-refractivity contribution in [2.24, 2.45) is 5.41 Å². The SMILES string of the molecule is COCC(CC#CC1(O)c2c#cccc2Oc2ccccc21)(CC=CC1(O)c2ccccc2Oc2ccccc21)C(=O)OC. The number of esters is 1. The van der Waals surface area contributed by atoms with Crippen molar-refractivity contribution in [3.63, 3.8) is 0 Å². The van der Waals surface area contributed by atoms with Crippen LogP contribution in [0.3, 0.4) is 0 Å². The van der Waals surface area contributed by atoms with Gasteiger partial charge in [-0.05, 0) is 42.8 Å². The summed E-state index contributed by atoms with van der Waals surface area (Å²) in [6.07, 6.45) is 3.53. The molecule has 0 saturated carbocycles. The third-order valence-corrected chi connectivity index (χ3v) is 8.04. The smallest absolute Gasteiger partial charge is 0.315 e. The van der Waals surface area contributed by atoms with E-state index in [-0.39, 0.29) is 19.4 Å². The van der Waals surface area contributed by atoms with Crippen molar-refractivity contribution >= 4 is 5.97 Å². The zero-order chi connectivity index (χ0) is 30.8. The second-order valence-electron chi connectivity index (χ2n) is 10.8. The fraction of sp³-hybridized carbons (Fsp3) is 0.216. The molecule has 0 saturated heterocycles. The van der Waals surface area contributed by atoms with Gasteiger partial charge in [-0.15, -0.1) is 0 Å². The minimum Gasteiger partial charge on any atom is -0.468 e. The number of rotatable bonds is 7. The van der Waals surface area contributed by atoms with Crippen molar-refractivity contribution in [1.29, 1.82) is 0 Å². The molecule has 0 bridgehead atoms. The lowest BCUT2D eigenvalue weighted by atomic mass is 9.78. The number of hydrogen-bond donors (Lipinski definition) is 2. The first-order chi connectivity index (χ1) is 21.3. The third kappa shape index (κ3) is 4.88. The van der Waals surface area contributed by atoms with Crippen LogP contribution in [0.5, 0.6) is 23.0 Å². The number of fused-ring (bicyclic) bond motifs is 4. The summed E-state index contributed by atoms with van der Waals surface area (Å²) in [7, 11) is 2.81. The maximum atomic E-state index is 13.4. The highest BCUT2D eigenvalue weighted by molar-refractivity contribution is 5.78. The highest BCUT2D eigenvalue weighted by Crippen LogP contribution is 2.48. The van der Waals surface area contributed by atoms with Crippen molar-refractivity contribution in [2.45, 2.75) is 24.0 Å². The number of carbonyl (C=O) groups is 1.